The smallest absolute Gasteiger partial charge is 0.304 e. The molecule has 1 spiro atoms. The van der Waals surface area contributed by atoms with Gasteiger partial charge in [-0.25, -0.2) is 0 Å². The van der Waals surface area contributed by atoms with Crippen LogP contribution in [0.15, 0.2) is 0 Å². The Hall–Kier alpha value is -0.260. The van der Waals surface area contributed by atoms with Gasteiger partial charge in [0.25, 0.3) is 0 Å². The van der Waals surface area contributed by atoms with Gasteiger partial charge >= 0.3 is 5.97 Å². The van der Waals surface area contributed by atoms with Crippen LogP contribution in [0.2, 0.25) is 0 Å². The largest absolute Gasteiger partial charge is 0.481 e. The molecule has 2 rings (SSSR count). The second-order valence-electron chi connectivity index (χ2n) is 5.25. The number of ether oxygens (including phenoxy) is 1. The summed E-state index contributed by atoms with van der Waals surface area (Å²) in [5.41, 5.74) is 0.0875. The normalized spacial score (nSPS) is 32.2. The third kappa shape index (κ3) is 3.39. The molecule has 2 unspecified atom stereocenters. The van der Waals surface area contributed by atoms with Gasteiger partial charge in [-0.3, -0.25) is 9.69 Å². The second kappa shape index (κ2) is 6.26. The van der Waals surface area contributed by atoms with E-state index in [0.717, 1.165) is 38.2 Å². The lowest BCUT2D eigenvalue weighted by molar-refractivity contribution is -0.137. The fourth-order valence-electron chi connectivity index (χ4n) is 3.02. The lowest BCUT2D eigenvalue weighted by Crippen LogP contribution is -2.49. The van der Waals surface area contributed by atoms with Crippen molar-refractivity contribution in [1.82, 2.24) is 4.90 Å². The molecule has 0 aromatic rings. The highest BCUT2D eigenvalue weighted by Crippen LogP contribution is 2.39. The summed E-state index contributed by atoms with van der Waals surface area (Å²) in [4.78, 5) is 13.0. The average Bonchev–Trinajstić information content (AvgIpc) is 2.78. The van der Waals surface area contributed by atoms with E-state index in [-0.39, 0.29) is 12.0 Å². The van der Waals surface area contributed by atoms with E-state index in [2.05, 4.69) is 11.8 Å². The molecule has 5 heteroatoms. The molecule has 0 amide bonds. The molecule has 0 radical (unpaired) electrons. The molecule has 1 N–H and O–H groups in total. The Morgan fingerprint density at radius 3 is 3.06 bits per heavy atom. The number of thioether (sulfide) groups is 1. The minimum atomic E-state index is -0.702. The maximum absolute atomic E-state index is 10.7. The van der Waals surface area contributed by atoms with Crippen LogP contribution in [0.1, 0.15) is 32.6 Å². The Labute approximate surface area is 113 Å². The van der Waals surface area contributed by atoms with Crippen molar-refractivity contribution >= 4 is 17.7 Å². The van der Waals surface area contributed by atoms with Crippen molar-refractivity contribution in [2.75, 3.05) is 31.2 Å². The fourth-order valence-corrected chi connectivity index (χ4v) is 4.39. The van der Waals surface area contributed by atoms with E-state index in [9.17, 15) is 4.79 Å². The first kappa shape index (κ1) is 14.2. The average molecular weight is 273 g/mol. The highest BCUT2D eigenvalue weighted by Gasteiger charge is 2.41. The maximum Gasteiger partial charge on any atom is 0.304 e. The molecule has 18 heavy (non-hydrogen) atoms. The summed E-state index contributed by atoms with van der Waals surface area (Å²) >= 11 is 1.98. The zero-order chi connectivity index (χ0) is 13.0. The summed E-state index contributed by atoms with van der Waals surface area (Å²) in [7, 11) is 0. The summed E-state index contributed by atoms with van der Waals surface area (Å²) in [5.74, 6) is 1.61. The highest BCUT2D eigenvalue weighted by molar-refractivity contribution is 7.99. The third-order valence-corrected chi connectivity index (χ3v) is 5.29. The summed E-state index contributed by atoms with van der Waals surface area (Å²) in [6.07, 6.45) is 3.52. The fraction of sp³-hybridized carbons (Fsp3) is 0.923. The predicted octanol–water partition coefficient (Wildman–Crippen LogP) is 1.84. The third-order valence-electron chi connectivity index (χ3n) is 4.07. The number of hydrogen-bond donors (Lipinski definition) is 1. The molecule has 2 aliphatic heterocycles. The minimum Gasteiger partial charge on any atom is -0.481 e. The first-order valence-electron chi connectivity index (χ1n) is 6.83. The van der Waals surface area contributed by atoms with Crippen molar-refractivity contribution < 1.29 is 14.6 Å². The van der Waals surface area contributed by atoms with Crippen LogP contribution in [0.25, 0.3) is 0 Å². The van der Waals surface area contributed by atoms with Crippen LogP contribution in [0.4, 0.5) is 0 Å². The molecule has 0 aromatic carbocycles. The van der Waals surface area contributed by atoms with Gasteiger partial charge in [0, 0.05) is 24.9 Å². The lowest BCUT2D eigenvalue weighted by atomic mass is 9.89. The van der Waals surface area contributed by atoms with Gasteiger partial charge in [0.15, 0.2) is 0 Å². The van der Waals surface area contributed by atoms with E-state index in [1.54, 1.807) is 0 Å². The van der Waals surface area contributed by atoms with Gasteiger partial charge in [0.05, 0.1) is 12.0 Å². The quantitative estimate of drug-likeness (QED) is 0.828. The molecule has 0 aliphatic carbocycles. The molecule has 2 aliphatic rings. The van der Waals surface area contributed by atoms with E-state index in [1.165, 1.54) is 5.75 Å². The summed E-state index contributed by atoms with van der Waals surface area (Å²) < 4.78 is 6.01. The summed E-state index contributed by atoms with van der Waals surface area (Å²) in [6.45, 7) is 4.54. The summed E-state index contributed by atoms with van der Waals surface area (Å²) in [6, 6.07) is 0.502. The van der Waals surface area contributed by atoms with Crippen molar-refractivity contribution in [2.24, 2.45) is 0 Å². The van der Waals surface area contributed by atoms with Crippen LogP contribution < -0.4 is 0 Å². The van der Waals surface area contributed by atoms with Gasteiger partial charge in [-0.05, 0) is 31.6 Å². The van der Waals surface area contributed by atoms with Crippen LogP contribution in [0.5, 0.6) is 0 Å². The Kier molecular flexibility index (Phi) is 4.92. The molecule has 0 saturated carbocycles. The number of nitrogens with zero attached hydrogens (tertiary/aromatic N) is 1. The monoisotopic (exact) mass is 273 g/mol. The lowest BCUT2D eigenvalue weighted by Gasteiger charge is -2.42. The Balaban J connectivity index is 1.91. The van der Waals surface area contributed by atoms with Crippen LogP contribution in [0, 0.1) is 0 Å². The van der Waals surface area contributed by atoms with E-state index in [0.29, 0.717) is 12.6 Å². The van der Waals surface area contributed by atoms with Crippen LogP contribution in [-0.2, 0) is 9.53 Å². The molecule has 0 aromatic heterocycles. The van der Waals surface area contributed by atoms with E-state index in [1.807, 2.05) is 11.8 Å². The van der Waals surface area contributed by atoms with Gasteiger partial charge in [-0.15, -0.1) is 0 Å². The predicted molar refractivity (Wildman–Crippen MR) is 73.1 cm³/mol. The van der Waals surface area contributed by atoms with Gasteiger partial charge in [0.2, 0.25) is 0 Å². The zero-order valence-corrected chi connectivity index (χ0v) is 11.9. The number of carbonyl (C=O) groups is 1. The summed E-state index contributed by atoms with van der Waals surface area (Å²) in [5, 5.41) is 8.81. The molecule has 104 valence electrons. The zero-order valence-electron chi connectivity index (χ0n) is 11.1. The molecule has 0 bridgehead atoms. The number of rotatable bonds is 5. The minimum absolute atomic E-state index is 0.0875. The molecule has 2 atom stereocenters. The van der Waals surface area contributed by atoms with Crippen LogP contribution >= 0.6 is 11.8 Å². The van der Waals surface area contributed by atoms with Gasteiger partial charge in [-0.2, -0.15) is 11.8 Å². The standard InChI is InChI=1S/C13H23NO3S/c1-2-14(6-3-12(15)16)11-4-7-17-13(9-11)5-8-18-10-13/h11H,2-10H2,1H3,(H,15,16). The first-order chi connectivity index (χ1) is 8.65. The van der Waals surface area contributed by atoms with Crippen molar-refractivity contribution in [2.45, 2.75) is 44.2 Å². The van der Waals surface area contributed by atoms with Gasteiger partial charge < -0.3 is 9.84 Å². The molecule has 2 fully saturated rings. The van der Waals surface area contributed by atoms with E-state index >= 15 is 0 Å². The Morgan fingerprint density at radius 2 is 2.44 bits per heavy atom. The SMILES string of the molecule is CCN(CCC(=O)O)C1CCOC2(CCSC2)C1. The van der Waals surface area contributed by atoms with Crippen LogP contribution in [0.3, 0.4) is 0 Å². The number of hydrogen-bond acceptors (Lipinski definition) is 4. The number of aliphatic carboxylic acids is 1. The van der Waals surface area contributed by atoms with Crippen molar-refractivity contribution in [3.63, 3.8) is 0 Å². The molecule has 4 nitrogen and oxygen atoms in total. The van der Waals surface area contributed by atoms with E-state index < -0.39 is 5.97 Å². The Bertz CT molecular complexity index is 292. The molecular weight excluding hydrogens is 250 g/mol. The first-order valence-corrected chi connectivity index (χ1v) is 7.98. The van der Waals surface area contributed by atoms with Gasteiger partial charge in [0.1, 0.15) is 0 Å². The topological polar surface area (TPSA) is 49.8 Å². The molecule has 2 saturated heterocycles. The molecule has 2 heterocycles. The van der Waals surface area contributed by atoms with Crippen molar-refractivity contribution in [3.8, 4) is 0 Å². The van der Waals surface area contributed by atoms with Crippen molar-refractivity contribution in [1.29, 1.82) is 0 Å². The molecular formula is C13H23NO3S. The van der Waals surface area contributed by atoms with Crippen LogP contribution in [-0.4, -0.2) is 58.8 Å². The van der Waals surface area contributed by atoms with Gasteiger partial charge in [-0.1, -0.05) is 6.92 Å². The number of carboxylic acids is 1. The highest BCUT2D eigenvalue weighted by atomic mass is 32.2. The van der Waals surface area contributed by atoms with Crippen molar-refractivity contribution in [3.05, 3.63) is 0 Å². The maximum atomic E-state index is 10.7. The number of carboxylic acid groups (broad SMARTS) is 1. The Morgan fingerprint density at radius 1 is 1.61 bits per heavy atom. The second-order valence-corrected chi connectivity index (χ2v) is 6.36. The van der Waals surface area contributed by atoms with E-state index in [4.69, 9.17) is 9.84 Å².